The van der Waals surface area contributed by atoms with Crippen LogP contribution >= 0.6 is 0 Å². The Bertz CT molecular complexity index is 1580. The minimum Gasteiger partial charge on any atom is -0.507 e. The highest BCUT2D eigenvalue weighted by atomic mass is 16.5. The highest BCUT2D eigenvalue weighted by molar-refractivity contribution is 6.32. The van der Waals surface area contributed by atoms with E-state index in [1.165, 1.54) is 13.2 Å². The Kier molecular flexibility index (Phi) is 7.64. The van der Waals surface area contributed by atoms with Crippen molar-refractivity contribution in [1.82, 2.24) is 0 Å². The number of methoxy groups -OCH3 is 1. The van der Waals surface area contributed by atoms with Gasteiger partial charge in [-0.05, 0) is 66.0 Å². The molecule has 5 N–H and O–H groups in total. The molecular weight excluding hydrogens is 554 g/mol. The summed E-state index contributed by atoms with van der Waals surface area (Å²) in [5, 5.41) is 33.3. The van der Waals surface area contributed by atoms with Crippen LogP contribution in [0.5, 0.6) is 11.5 Å². The molecule has 0 aliphatic heterocycles. The Hall–Kier alpha value is -4.15. The van der Waals surface area contributed by atoms with E-state index in [1.54, 1.807) is 44.2 Å². The average molecular weight is 590 g/mol. The number of hydrogen-bond acceptors (Lipinski definition) is 9. The maximum Gasteiger partial charge on any atom is 0.235 e. The molecule has 0 bridgehead atoms. The highest BCUT2D eigenvalue weighted by Crippen LogP contribution is 2.54. The SMILES string of the molecule is C=CCC(O)c1ccc(OC)c(-c2ccc(O)c3c2C[C@H]2C[C@H]4[C@H](C(C)C)C(=O)C(C(N)=O)C(=O)[C@@]4(O)C(=O)C2C3=O)c1. The molecule has 0 spiro atoms. The summed E-state index contributed by atoms with van der Waals surface area (Å²) in [6.45, 7) is 7.07. The first kappa shape index (κ1) is 30.3. The van der Waals surface area contributed by atoms with Crippen LogP contribution in [-0.4, -0.2) is 57.1 Å². The standard InChI is InChI=1S/C33H35NO9/c1-5-6-21(35)15-7-10-23(43-4)18(11-15)17-8-9-22(36)26-19(17)12-16-13-20-24(14(2)3)28(37)27(32(34)41)31(40)33(20,42)30(39)25(16)29(26)38/h5,7-11,14,16,20-21,24-25,27,35-36,42H,1,6,12-13H2,2-4H3,(H2,34,41)/t16-,20-,21?,24-,25?,27?,33-/m0/s1. The van der Waals surface area contributed by atoms with Crippen LogP contribution in [0.1, 0.15) is 54.3 Å². The van der Waals surface area contributed by atoms with Gasteiger partial charge in [0.1, 0.15) is 11.5 Å². The third-order valence-electron chi connectivity index (χ3n) is 9.48. The van der Waals surface area contributed by atoms with Gasteiger partial charge < -0.3 is 25.8 Å². The van der Waals surface area contributed by atoms with Gasteiger partial charge in [-0.3, -0.25) is 24.0 Å². The summed E-state index contributed by atoms with van der Waals surface area (Å²) in [5.41, 5.74) is 4.65. The highest BCUT2D eigenvalue weighted by Gasteiger charge is 2.69. The maximum absolute atomic E-state index is 14.1. The van der Waals surface area contributed by atoms with E-state index in [9.17, 15) is 39.3 Å². The van der Waals surface area contributed by atoms with Gasteiger partial charge in [-0.1, -0.05) is 32.1 Å². The summed E-state index contributed by atoms with van der Waals surface area (Å²) >= 11 is 0. The molecule has 226 valence electrons. The van der Waals surface area contributed by atoms with E-state index >= 15 is 0 Å². The average Bonchev–Trinajstić information content (AvgIpc) is 2.94. The molecule has 0 saturated heterocycles. The second kappa shape index (κ2) is 10.8. The molecule has 0 radical (unpaired) electrons. The molecule has 2 fully saturated rings. The van der Waals surface area contributed by atoms with E-state index in [0.29, 0.717) is 34.4 Å². The van der Waals surface area contributed by atoms with Crippen molar-refractivity contribution in [1.29, 1.82) is 0 Å². The summed E-state index contributed by atoms with van der Waals surface area (Å²) < 4.78 is 5.59. The molecule has 7 atom stereocenters. The number of carbonyl (C=O) groups is 5. The Morgan fingerprint density at radius 1 is 1.14 bits per heavy atom. The Morgan fingerprint density at radius 2 is 1.84 bits per heavy atom. The number of ketones is 4. The van der Waals surface area contributed by atoms with E-state index in [2.05, 4.69) is 6.58 Å². The van der Waals surface area contributed by atoms with Crippen LogP contribution in [0.25, 0.3) is 11.1 Å². The number of ether oxygens (including phenoxy) is 1. The number of rotatable bonds is 7. The zero-order valence-electron chi connectivity index (χ0n) is 24.2. The third-order valence-corrected chi connectivity index (χ3v) is 9.48. The van der Waals surface area contributed by atoms with Gasteiger partial charge in [0.15, 0.2) is 34.7 Å². The lowest BCUT2D eigenvalue weighted by molar-refractivity contribution is -0.182. The molecule has 10 nitrogen and oxygen atoms in total. The van der Waals surface area contributed by atoms with Crippen molar-refractivity contribution in [2.75, 3.05) is 7.11 Å². The van der Waals surface area contributed by atoms with Crippen molar-refractivity contribution in [3.05, 3.63) is 59.7 Å². The first-order valence-electron chi connectivity index (χ1n) is 14.3. The van der Waals surface area contributed by atoms with Crippen LogP contribution < -0.4 is 10.5 Å². The predicted molar refractivity (Wildman–Crippen MR) is 154 cm³/mol. The number of aromatic hydroxyl groups is 1. The predicted octanol–water partition coefficient (Wildman–Crippen LogP) is 2.49. The van der Waals surface area contributed by atoms with Crippen molar-refractivity contribution < 1.29 is 44.0 Å². The van der Waals surface area contributed by atoms with Gasteiger partial charge in [-0.15, -0.1) is 6.58 Å². The molecule has 10 heteroatoms. The van der Waals surface area contributed by atoms with Gasteiger partial charge in [0, 0.05) is 17.4 Å². The maximum atomic E-state index is 14.1. The van der Waals surface area contributed by atoms with Crippen LogP contribution in [0.4, 0.5) is 0 Å². The van der Waals surface area contributed by atoms with Crippen LogP contribution in [0.3, 0.4) is 0 Å². The topological polar surface area (TPSA) is 181 Å². The normalized spacial score (nSPS) is 29.0. The van der Waals surface area contributed by atoms with Crippen LogP contribution in [-0.2, 0) is 25.6 Å². The molecule has 43 heavy (non-hydrogen) atoms. The van der Waals surface area contributed by atoms with E-state index < -0.39 is 76.3 Å². The number of Topliss-reactive ketones (excluding diaryl/α,β-unsaturated/α-hetero) is 4. The number of phenols is 1. The Morgan fingerprint density at radius 3 is 2.44 bits per heavy atom. The van der Waals surface area contributed by atoms with E-state index in [1.807, 2.05) is 0 Å². The minimum absolute atomic E-state index is 0.0196. The monoisotopic (exact) mass is 589 g/mol. The van der Waals surface area contributed by atoms with Crippen LogP contribution in [0, 0.1) is 35.5 Å². The van der Waals surface area contributed by atoms with Gasteiger partial charge in [0.05, 0.1) is 24.7 Å². The summed E-state index contributed by atoms with van der Waals surface area (Å²) in [4.78, 5) is 67.1. The Labute approximate surface area is 248 Å². The number of amides is 1. The number of carbonyl (C=O) groups excluding carboxylic acids is 5. The number of aliphatic hydroxyl groups is 2. The van der Waals surface area contributed by atoms with E-state index in [0.717, 1.165) is 0 Å². The molecule has 3 unspecified atom stereocenters. The molecule has 0 heterocycles. The van der Waals surface area contributed by atoms with Gasteiger partial charge in [0.25, 0.3) is 0 Å². The van der Waals surface area contributed by atoms with Crippen LogP contribution in [0.2, 0.25) is 0 Å². The molecular formula is C33H35NO9. The van der Waals surface area contributed by atoms with Crippen molar-refractivity contribution in [3.63, 3.8) is 0 Å². The lowest BCUT2D eigenvalue weighted by atomic mass is 9.49. The molecule has 2 aromatic carbocycles. The number of hydrogen-bond donors (Lipinski definition) is 4. The molecule has 3 aliphatic carbocycles. The third kappa shape index (κ3) is 4.42. The summed E-state index contributed by atoms with van der Waals surface area (Å²) in [6.07, 6.45) is 1.15. The number of primary amides is 1. The second-order valence-corrected chi connectivity index (χ2v) is 12.1. The van der Waals surface area contributed by atoms with Crippen molar-refractivity contribution in [2.45, 2.75) is 44.8 Å². The summed E-state index contributed by atoms with van der Waals surface area (Å²) in [7, 11) is 1.48. The zero-order chi connectivity index (χ0) is 31.5. The van der Waals surface area contributed by atoms with E-state index in [-0.39, 0.29) is 24.2 Å². The van der Waals surface area contributed by atoms with Gasteiger partial charge in [0.2, 0.25) is 5.91 Å². The quantitative estimate of drug-likeness (QED) is 0.279. The fourth-order valence-corrected chi connectivity index (χ4v) is 7.54. The van der Waals surface area contributed by atoms with Gasteiger partial charge >= 0.3 is 0 Å². The first-order valence-corrected chi connectivity index (χ1v) is 14.3. The number of nitrogens with two attached hydrogens (primary N) is 1. The molecule has 1 amide bonds. The molecule has 2 aromatic rings. The minimum atomic E-state index is -2.75. The fraction of sp³-hybridized carbons (Fsp3) is 0.424. The van der Waals surface area contributed by atoms with Crippen molar-refractivity contribution >= 4 is 29.0 Å². The van der Waals surface area contributed by atoms with E-state index in [4.69, 9.17) is 10.5 Å². The van der Waals surface area contributed by atoms with Crippen molar-refractivity contribution in [3.8, 4) is 22.6 Å². The molecule has 0 aromatic heterocycles. The largest absolute Gasteiger partial charge is 0.507 e. The molecule has 2 saturated carbocycles. The summed E-state index contributed by atoms with van der Waals surface area (Å²) in [6, 6.07) is 8.10. The molecule has 5 rings (SSSR count). The van der Waals surface area contributed by atoms with Crippen molar-refractivity contribution in [2.24, 2.45) is 41.2 Å². The Balaban J connectivity index is 1.66. The smallest absolute Gasteiger partial charge is 0.235 e. The zero-order valence-corrected chi connectivity index (χ0v) is 24.2. The number of benzene rings is 2. The lowest BCUT2D eigenvalue weighted by Gasteiger charge is -2.52. The van der Waals surface area contributed by atoms with Gasteiger partial charge in [-0.25, -0.2) is 0 Å². The molecule has 3 aliphatic rings. The lowest BCUT2D eigenvalue weighted by Crippen LogP contribution is -2.71. The first-order chi connectivity index (χ1) is 20.3. The summed E-state index contributed by atoms with van der Waals surface area (Å²) in [5.74, 6) is -11.8. The number of aliphatic hydroxyl groups excluding tert-OH is 1. The number of fused-ring (bicyclic) bond motifs is 3. The van der Waals surface area contributed by atoms with Gasteiger partial charge in [-0.2, -0.15) is 0 Å². The fourth-order valence-electron chi connectivity index (χ4n) is 7.54. The second-order valence-electron chi connectivity index (χ2n) is 12.1. The number of phenolic OH excluding ortho intramolecular Hbond substituents is 1. The van der Waals surface area contributed by atoms with Crippen LogP contribution in [0.15, 0.2) is 43.0 Å².